The molecule has 0 aliphatic rings. The van der Waals surface area contributed by atoms with Crippen molar-refractivity contribution in [3.05, 3.63) is 85.2 Å². The molecule has 0 aliphatic carbocycles. The Morgan fingerprint density at radius 3 is 2.51 bits per heavy atom. The largest absolute Gasteiger partial charge is 0.494 e. The van der Waals surface area contributed by atoms with E-state index in [4.69, 9.17) is 14.6 Å². The normalized spacial score (nSPS) is 10.8. The Morgan fingerprint density at radius 2 is 1.69 bits per heavy atom. The topological polar surface area (TPSA) is 104 Å². The second kappa shape index (κ2) is 10.0. The number of anilines is 1. The summed E-state index contributed by atoms with van der Waals surface area (Å²) in [6.07, 6.45) is 3.40. The summed E-state index contributed by atoms with van der Waals surface area (Å²) in [5.74, 6) is 1.62. The lowest BCUT2D eigenvalue weighted by Crippen LogP contribution is -2.20. The van der Waals surface area contributed by atoms with Crippen LogP contribution < -0.4 is 14.8 Å². The average Bonchev–Trinajstić information content (AvgIpc) is 3.32. The Morgan fingerprint density at radius 1 is 0.886 bits per heavy atom. The number of fused-ring (bicyclic) bond motifs is 1. The minimum Gasteiger partial charge on any atom is -0.494 e. The van der Waals surface area contributed by atoms with Gasteiger partial charge in [0.05, 0.1) is 12.3 Å². The molecule has 9 nitrogen and oxygen atoms in total. The molecule has 0 atom stereocenters. The summed E-state index contributed by atoms with van der Waals surface area (Å²) in [4.78, 5) is 16.5. The number of benzene rings is 2. The summed E-state index contributed by atoms with van der Waals surface area (Å²) in [6.45, 7) is 2.35. The number of hydrogen-bond acceptors (Lipinski definition) is 7. The molecule has 9 heteroatoms. The number of nitrogens with one attached hydrogen (secondary N) is 1. The predicted octanol–water partition coefficient (Wildman–Crippen LogP) is 4.27. The highest BCUT2D eigenvalue weighted by molar-refractivity contribution is 5.92. The van der Waals surface area contributed by atoms with Crippen molar-refractivity contribution in [2.75, 3.05) is 18.5 Å². The Hall–Kier alpha value is -4.79. The summed E-state index contributed by atoms with van der Waals surface area (Å²) in [6, 6.07) is 22.1. The number of rotatable bonds is 8. The number of ether oxygens (including phenoxy) is 2. The van der Waals surface area contributed by atoms with Gasteiger partial charge < -0.3 is 14.8 Å². The molecule has 0 saturated carbocycles. The van der Waals surface area contributed by atoms with Gasteiger partial charge in [0, 0.05) is 35.3 Å². The molecule has 3 heterocycles. The molecular weight excluding hydrogens is 444 g/mol. The maximum Gasteiger partial charge on any atom is 0.262 e. The van der Waals surface area contributed by atoms with Crippen LogP contribution in [-0.2, 0) is 4.79 Å². The van der Waals surface area contributed by atoms with Crippen LogP contribution in [0, 0.1) is 0 Å². The van der Waals surface area contributed by atoms with Gasteiger partial charge in [-0.2, -0.15) is 9.61 Å². The molecule has 0 spiro atoms. The Labute approximate surface area is 201 Å². The first kappa shape index (κ1) is 22.0. The van der Waals surface area contributed by atoms with Crippen molar-refractivity contribution >= 4 is 17.2 Å². The van der Waals surface area contributed by atoms with E-state index < -0.39 is 0 Å². The zero-order valence-electron chi connectivity index (χ0n) is 19.0. The van der Waals surface area contributed by atoms with Gasteiger partial charge in [0.25, 0.3) is 5.91 Å². The molecule has 5 aromatic rings. The van der Waals surface area contributed by atoms with Crippen LogP contribution in [0.15, 0.2) is 85.2 Å². The molecule has 0 bridgehead atoms. The van der Waals surface area contributed by atoms with Crippen LogP contribution in [0.25, 0.3) is 28.3 Å². The summed E-state index contributed by atoms with van der Waals surface area (Å²) < 4.78 is 12.8. The summed E-state index contributed by atoms with van der Waals surface area (Å²) in [7, 11) is 0. The summed E-state index contributed by atoms with van der Waals surface area (Å²) in [5.41, 5.74) is 3.69. The van der Waals surface area contributed by atoms with Gasteiger partial charge in [-0.05, 0) is 55.5 Å². The Kier molecular flexibility index (Phi) is 6.29. The van der Waals surface area contributed by atoms with Gasteiger partial charge in [0.1, 0.15) is 11.5 Å². The fourth-order valence-electron chi connectivity index (χ4n) is 3.55. The van der Waals surface area contributed by atoms with Gasteiger partial charge in [-0.1, -0.05) is 18.2 Å². The molecule has 174 valence electrons. The van der Waals surface area contributed by atoms with Crippen molar-refractivity contribution in [2.45, 2.75) is 6.92 Å². The van der Waals surface area contributed by atoms with Crippen LogP contribution in [0.2, 0.25) is 0 Å². The molecule has 3 aromatic heterocycles. The van der Waals surface area contributed by atoms with Gasteiger partial charge in [0.15, 0.2) is 18.1 Å². The molecule has 0 unspecified atom stereocenters. The van der Waals surface area contributed by atoms with Crippen LogP contribution >= 0.6 is 0 Å². The number of hydrogen-bond donors (Lipinski definition) is 1. The Bertz CT molecular complexity index is 1470. The van der Waals surface area contributed by atoms with E-state index in [2.05, 4.69) is 20.5 Å². The van der Waals surface area contributed by atoms with Crippen molar-refractivity contribution in [3.8, 4) is 34.1 Å². The van der Waals surface area contributed by atoms with E-state index in [0.717, 1.165) is 11.1 Å². The van der Waals surface area contributed by atoms with Crippen molar-refractivity contribution in [2.24, 2.45) is 0 Å². The third kappa shape index (κ3) is 5.09. The van der Waals surface area contributed by atoms with E-state index in [1.54, 1.807) is 29.0 Å². The first-order valence-corrected chi connectivity index (χ1v) is 11.1. The van der Waals surface area contributed by atoms with E-state index in [9.17, 15) is 4.79 Å². The zero-order valence-corrected chi connectivity index (χ0v) is 19.0. The quantitative estimate of drug-likeness (QED) is 0.364. The van der Waals surface area contributed by atoms with Gasteiger partial charge in [-0.15, -0.1) is 10.2 Å². The molecule has 0 fully saturated rings. The molecule has 2 aromatic carbocycles. The maximum absolute atomic E-state index is 12.5. The highest BCUT2D eigenvalue weighted by atomic mass is 16.5. The third-order valence-electron chi connectivity index (χ3n) is 5.13. The monoisotopic (exact) mass is 466 g/mol. The summed E-state index contributed by atoms with van der Waals surface area (Å²) in [5, 5.41) is 16.1. The third-order valence-corrected chi connectivity index (χ3v) is 5.13. The van der Waals surface area contributed by atoms with E-state index in [1.165, 1.54) is 0 Å². The lowest BCUT2D eigenvalue weighted by atomic mass is 10.1. The molecule has 5 rings (SSSR count). The van der Waals surface area contributed by atoms with E-state index >= 15 is 0 Å². The molecular formula is C26H22N6O3. The minimum absolute atomic E-state index is 0.125. The summed E-state index contributed by atoms with van der Waals surface area (Å²) >= 11 is 0. The van der Waals surface area contributed by atoms with Crippen molar-refractivity contribution in [1.82, 2.24) is 24.8 Å². The molecule has 1 amide bonds. The SMILES string of the molecule is CCOc1cccc(OCC(=O)Nc2cccc(-c3ccc4nnc(-c5ccncc5)n4n3)c2)c1. The fourth-order valence-corrected chi connectivity index (χ4v) is 3.55. The first-order valence-electron chi connectivity index (χ1n) is 11.1. The fraction of sp³-hybridized carbons (Fsp3) is 0.115. The van der Waals surface area contributed by atoms with Gasteiger partial charge in [-0.3, -0.25) is 9.78 Å². The second-order valence-electron chi connectivity index (χ2n) is 7.57. The van der Waals surface area contributed by atoms with Crippen molar-refractivity contribution in [3.63, 3.8) is 0 Å². The number of aromatic nitrogens is 5. The molecule has 1 N–H and O–H groups in total. The number of carbonyl (C=O) groups excluding carboxylic acids is 1. The van der Waals surface area contributed by atoms with E-state index in [1.807, 2.05) is 67.6 Å². The Balaban J connectivity index is 1.31. The van der Waals surface area contributed by atoms with Crippen LogP contribution in [0.3, 0.4) is 0 Å². The number of nitrogens with zero attached hydrogens (tertiary/aromatic N) is 5. The molecule has 35 heavy (non-hydrogen) atoms. The van der Waals surface area contributed by atoms with Crippen LogP contribution in [-0.4, -0.2) is 43.9 Å². The molecule has 0 aliphatic heterocycles. The predicted molar refractivity (Wildman–Crippen MR) is 131 cm³/mol. The lowest BCUT2D eigenvalue weighted by Gasteiger charge is -2.10. The van der Waals surface area contributed by atoms with Gasteiger partial charge in [-0.25, -0.2) is 0 Å². The van der Waals surface area contributed by atoms with Gasteiger partial charge in [0.2, 0.25) is 0 Å². The van der Waals surface area contributed by atoms with Crippen LogP contribution in [0.5, 0.6) is 11.5 Å². The minimum atomic E-state index is -0.272. The number of carbonyl (C=O) groups is 1. The lowest BCUT2D eigenvalue weighted by molar-refractivity contribution is -0.118. The van der Waals surface area contributed by atoms with Crippen LogP contribution in [0.1, 0.15) is 6.92 Å². The number of amides is 1. The second-order valence-corrected chi connectivity index (χ2v) is 7.57. The van der Waals surface area contributed by atoms with Crippen molar-refractivity contribution < 1.29 is 14.3 Å². The highest BCUT2D eigenvalue weighted by Gasteiger charge is 2.12. The zero-order chi connectivity index (χ0) is 24.0. The highest BCUT2D eigenvalue weighted by Crippen LogP contribution is 2.24. The molecule has 0 saturated heterocycles. The van der Waals surface area contributed by atoms with Crippen molar-refractivity contribution in [1.29, 1.82) is 0 Å². The van der Waals surface area contributed by atoms with Crippen LogP contribution in [0.4, 0.5) is 5.69 Å². The van der Waals surface area contributed by atoms with E-state index in [-0.39, 0.29) is 12.5 Å². The average molecular weight is 467 g/mol. The number of pyridine rings is 1. The molecule has 0 radical (unpaired) electrons. The smallest absolute Gasteiger partial charge is 0.262 e. The van der Waals surface area contributed by atoms with Gasteiger partial charge >= 0.3 is 0 Å². The van der Waals surface area contributed by atoms with E-state index in [0.29, 0.717) is 41.0 Å². The standard InChI is InChI=1S/C26H22N6O3/c1-2-34-21-7-4-8-22(16-21)35-17-25(33)28-20-6-3-5-19(15-20)23-9-10-24-29-30-26(32(24)31-23)18-11-13-27-14-12-18/h3-16H,2,17H2,1H3,(H,28,33). The first-order chi connectivity index (χ1) is 17.2. The maximum atomic E-state index is 12.5.